The van der Waals surface area contributed by atoms with E-state index in [-0.39, 0.29) is 12.0 Å². The molecule has 3 rings (SSSR count). The number of amides is 1. The largest absolute Gasteiger partial charge is 0.479 e. The van der Waals surface area contributed by atoms with E-state index >= 15 is 0 Å². The Bertz CT molecular complexity index is 616. The zero-order valence-electron chi connectivity index (χ0n) is 16.5. The van der Waals surface area contributed by atoms with Crippen molar-refractivity contribution in [3.8, 4) is 11.8 Å². The fourth-order valence-corrected chi connectivity index (χ4v) is 3.91. The first-order valence-corrected chi connectivity index (χ1v) is 9.72. The van der Waals surface area contributed by atoms with Crippen LogP contribution >= 0.6 is 0 Å². The first-order chi connectivity index (χ1) is 13.1. The molecule has 150 valence electrons. The lowest BCUT2D eigenvalue weighted by Crippen LogP contribution is -2.37. The van der Waals surface area contributed by atoms with Gasteiger partial charge in [0.05, 0.1) is 20.3 Å². The Hall–Kier alpha value is -2.09. The predicted octanol–water partition coefficient (Wildman–Crippen LogP) is 2.63. The fourth-order valence-electron chi connectivity index (χ4n) is 3.91. The van der Waals surface area contributed by atoms with Crippen LogP contribution in [0.5, 0.6) is 11.8 Å². The predicted molar refractivity (Wildman–Crippen MR) is 103 cm³/mol. The van der Waals surface area contributed by atoms with Gasteiger partial charge in [-0.3, -0.25) is 4.79 Å². The minimum atomic E-state index is -0.0456. The summed E-state index contributed by atoms with van der Waals surface area (Å²) in [6.07, 6.45) is 7.29. The zero-order chi connectivity index (χ0) is 19.2. The molecule has 1 saturated carbocycles. The van der Waals surface area contributed by atoms with Crippen LogP contribution in [0.15, 0.2) is 0 Å². The van der Waals surface area contributed by atoms with E-state index in [0.717, 1.165) is 38.8 Å². The van der Waals surface area contributed by atoms with E-state index in [1.807, 2.05) is 0 Å². The van der Waals surface area contributed by atoms with Gasteiger partial charge >= 0.3 is 0 Å². The molecule has 1 aromatic rings. The summed E-state index contributed by atoms with van der Waals surface area (Å²) >= 11 is 0. The molecule has 0 radical (unpaired) electrons. The van der Waals surface area contributed by atoms with Crippen molar-refractivity contribution in [3.05, 3.63) is 0 Å². The number of hydrogen-bond acceptors (Lipinski definition) is 7. The van der Waals surface area contributed by atoms with Gasteiger partial charge in [0.2, 0.25) is 23.6 Å². The number of piperidine rings is 1. The lowest BCUT2D eigenvalue weighted by molar-refractivity contribution is -0.117. The third-order valence-corrected chi connectivity index (χ3v) is 5.49. The molecule has 0 bridgehead atoms. The summed E-state index contributed by atoms with van der Waals surface area (Å²) in [5, 5.41) is 2.90. The van der Waals surface area contributed by atoms with Gasteiger partial charge in [-0.1, -0.05) is 12.8 Å². The van der Waals surface area contributed by atoms with Crippen molar-refractivity contribution >= 4 is 17.5 Å². The van der Waals surface area contributed by atoms with Crippen LogP contribution in [-0.2, 0) is 9.53 Å². The van der Waals surface area contributed by atoms with Crippen molar-refractivity contribution in [2.24, 2.45) is 5.92 Å². The van der Waals surface area contributed by atoms with Gasteiger partial charge in [0, 0.05) is 26.6 Å². The van der Waals surface area contributed by atoms with Crippen LogP contribution < -0.4 is 19.7 Å². The fraction of sp³-hybridized carbons (Fsp3) is 0.737. The Balaban J connectivity index is 1.74. The molecule has 1 aliphatic carbocycles. The van der Waals surface area contributed by atoms with Crippen LogP contribution in [0.3, 0.4) is 0 Å². The molecule has 0 unspecified atom stereocenters. The highest BCUT2D eigenvalue weighted by molar-refractivity contribution is 5.93. The minimum absolute atomic E-state index is 0.0456. The smallest absolute Gasteiger partial charge is 0.246 e. The van der Waals surface area contributed by atoms with E-state index in [1.165, 1.54) is 27.1 Å². The summed E-state index contributed by atoms with van der Waals surface area (Å²) in [5.74, 6) is 1.61. The molecule has 0 spiro atoms. The first-order valence-electron chi connectivity index (χ1n) is 9.72. The van der Waals surface area contributed by atoms with Crippen molar-refractivity contribution in [2.45, 2.75) is 51.0 Å². The van der Waals surface area contributed by atoms with E-state index in [1.54, 1.807) is 7.11 Å². The molecule has 2 heterocycles. The molecular weight excluding hydrogens is 348 g/mol. The lowest BCUT2D eigenvalue weighted by atomic mass is 10.0. The van der Waals surface area contributed by atoms with Crippen LogP contribution in [0.4, 0.5) is 11.6 Å². The molecule has 8 heteroatoms. The molecule has 2 fully saturated rings. The quantitative estimate of drug-likeness (QED) is 0.780. The van der Waals surface area contributed by atoms with Crippen LogP contribution in [0.1, 0.15) is 44.9 Å². The summed E-state index contributed by atoms with van der Waals surface area (Å²) in [7, 11) is 4.82. The van der Waals surface area contributed by atoms with Crippen molar-refractivity contribution in [2.75, 3.05) is 44.6 Å². The van der Waals surface area contributed by atoms with E-state index in [2.05, 4.69) is 20.2 Å². The van der Waals surface area contributed by atoms with Gasteiger partial charge in [-0.05, 0) is 31.6 Å². The molecular formula is C19H30N4O4. The number of rotatable bonds is 7. The Kier molecular flexibility index (Phi) is 6.71. The molecule has 1 N–H and O–H groups in total. The molecule has 1 aromatic heterocycles. The average molecular weight is 378 g/mol. The zero-order valence-corrected chi connectivity index (χ0v) is 16.5. The number of ether oxygens (including phenoxy) is 3. The van der Waals surface area contributed by atoms with Crippen molar-refractivity contribution in [1.29, 1.82) is 0 Å². The lowest BCUT2D eigenvalue weighted by Gasteiger charge is -2.31. The van der Waals surface area contributed by atoms with Crippen LogP contribution in [0, 0.1) is 5.92 Å². The molecule has 1 saturated heterocycles. The maximum atomic E-state index is 12.5. The summed E-state index contributed by atoms with van der Waals surface area (Å²) in [6, 6.07) is 0. The molecule has 27 heavy (non-hydrogen) atoms. The Morgan fingerprint density at radius 3 is 2.15 bits per heavy atom. The molecule has 0 aromatic carbocycles. The van der Waals surface area contributed by atoms with E-state index in [9.17, 15) is 4.79 Å². The highest BCUT2D eigenvalue weighted by Gasteiger charge is 2.26. The Morgan fingerprint density at radius 2 is 1.63 bits per heavy atom. The SMILES string of the molecule is COc1nc(N2CCC(OC)CC2)nc(OC)c1NC(=O)CC1CCCC1. The van der Waals surface area contributed by atoms with Gasteiger partial charge in [-0.15, -0.1) is 0 Å². The summed E-state index contributed by atoms with van der Waals surface area (Å²) in [5.41, 5.74) is 0.401. The Labute approximate surface area is 160 Å². The standard InChI is InChI=1S/C19H30N4O4/c1-25-14-8-10-23(11-9-14)19-21-17(26-2)16(18(22-19)27-3)20-15(24)12-13-6-4-5-7-13/h13-14H,4-12H2,1-3H3,(H,20,24). The second kappa shape index (κ2) is 9.21. The number of methoxy groups -OCH3 is 3. The molecule has 1 aliphatic heterocycles. The third kappa shape index (κ3) is 4.80. The highest BCUT2D eigenvalue weighted by atomic mass is 16.5. The summed E-state index contributed by atoms with van der Waals surface area (Å²) < 4.78 is 16.3. The highest BCUT2D eigenvalue weighted by Crippen LogP contribution is 2.35. The van der Waals surface area contributed by atoms with Gasteiger partial charge < -0.3 is 24.4 Å². The van der Waals surface area contributed by atoms with E-state index in [4.69, 9.17) is 14.2 Å². The van der Waals surface area contributed by atoms with Gasteiger partial charge in [-0.25, -0.2) is 0 Å². The summed E-state index contributed by atoms with van der Waals surface area (Å²) in [4.78, 5) is 23.6. The second-order valence-electron chi connectivity index (χ2n) is 7.24. The number of nitrogens with one attached hydrogen (secondary N) is 1. The number of nitrogens with zero attached hydrogens (tertiary/aromatic N) is 3. The van der Waals surface area contributed by atoms with Crippen LogP contribution in [-0.4, -0.2) is 56.4 Å². The molecule has 1 amide bonds. The number of aromatic nitrogens is 2. The van der Waals surface area contributed by atoms with E-state index < -0.39 is 0 Å². The minimum Gasteiger partial charge on any atom is -0.479 e. The van der Waals surface area contributed by atoms with E-state index in [0.29, 0.717) is 35.7 Å². The van der Waals surface area contributed by atoms with Crippen LogP contribution in [0.25, 0.3) is 0 Å². The Morgan fingerprint density at radius 1 is 1.04 bits per heavy atom. The van der Waals surface area contributed by atoms with Crippen molar-refractivity contribution in [1.82, 2.24) is 9.97 Å². The van der Waals surface area contributed by atoms with Crippen molar-refractivity contribution < 1.29 is 19.0 Å². The summed E-state index contributed by atoms with van der Waals surface area (Å²) in [6.45, 7) is 1.61. The normalized spacial score (nSPS) is 18.6. The van der Waals surface area contributed by atoms with Gasteiger partial charge in [0.1, 0.15) is 0 Å². The number of carbonyl (C=O) groups is 1. The van der Waals surface area contributed by atoms with Gasteiger partial charge in [-0.2, -0.15) is 9.97 Å². The topological polar surface area (TPSA) is 85.8 Å². The average Bonchev–Trinajstić information content (AvgIpc) is 3.21. The molecule has 0 atom stereocenters. The molecule has 2 aliphatic rings. The van der Waals surface area contributed by atoms with Crippen molar-refractivity contribution in [3.63, 3.8) is 0 Å². The third-order valence-electron chi connectivity index (χ3n) is 5.49. The monoisotopic (exact) mass is 378 g/mol. The number of carbonyl (C=O) groups excluding carboxylic acids is 1. The van der Waals surface area contributed by atoms with Gasteiger partial charge in [0.25, 0.3) is 0 Å². The maximum absolute atomic E-state index is 12.5. The van der Waals surface area contributed by atoms with Gasteiger partial charge in [0.15, 0.2) is 5.69 Å². The molecule has 8 nitrogen and oxygen atoms in total. The maximum Gasteiger partial charge on any atom is 0.246 e. The number of hydrogen-bond donors (Lipinski definition) is 1. The van der Waals surface area contributed by atoms with Crippen LogP contribution in [0.2, 0.25) is 0 Å². The number of anilines is 2. The first kappa shape index (κ1) is 19.7. The second-order valence-corrected chi connectivity index (χ2v) is 7.24.